The molecule has 3 aromatic rings. The molecule has 36 heavy (non-hydrogen) atoms. The minimum Gasteiger partial charge on any atom is -0.351 e. The van der Waals surface area contributed by atoms with E-state index in [2.05, 4.69) is 31.9 Å². The maximum Gasteiger partial charge on any atom is 0.261 e. The van der Waals surface area contributed by atoms with Crippen LogP contribution >= 0.6 is 15.9 Å². The number of nitrogens with one attached hydrogen (secondary N) is 3. The molecule has 0 spiro atoms. The van der Waals surface area contributed by atoms with Crippen LogP contribution in [0.3, 0.4) is 0 Å². The molecule has 6 nitrogen and oxygen atoms in total. The minimum absolute atomic E-state index is 0.0485. The molecule has 0 bridgehead atoms. The Labute approximate surface area is 214 Å². The van der Waals surface area contributed by atoms with Crippen molar-refractivity contribution in [3.05, 3.63) is 93.2 Å². The van der Waals surface area contributed by atoms with Crippen molar-refractivity contribution in [3.63, 3.8) is 0 Å². The van der Waals surface area contributed by atoms with Crippen molar-refractivity contribution in [2.24, 2.45) is 5.41 Å². The SMILES string of the molecule is CC(C)(C)C(=O)NCc1ccc(F)c(C(=O)Nc2ccc(F)c(C(=O)Nc3ccc(Br)cc3)c2)c1F. The Balaban J connectivity index is 1.80. The normalized spacial score (nSPS) is 11.1. The van der Waals surface area contributed by atoms with E-state index in [1.165, 1.54) is 0 Å². The Morgan fingerprint density at radius 3 is 2.03 bits per heavy atom. The highest BCUT2D eigenvalue weighted by Gasteiger charge is 2.24. The molecule has 0 atom stereocenters. The summed E-state index contributed by atoms with van der Waals surface area (Å²) in [6, 6.07) is 11.8. The molecule has 3 aromatic carbocycles. The molecule has 0 aromatic heterocycles. The van der Waals surface area contributed by atoms with Gasteiger partial charge in [-0.1, -0.05) is 42.8 Å². The molecule has 0 unspecified atom stereocenters. The van der Waals surface area contributed by atoms with Crippen LogP contribution < -0.4 is 16.0 Å². The van der Waals surface area contributed by atoms with Crippen LogP contribution in [-0.4, -0.2) is 17.7 Å². The highest BCUT2D eigenvalue weighted by Crippen LogP contribution is 2.22. The molecular weight excluding hydrogens is 539 g/mol. The first-order valence-corrected chi connectivity index (χ1v) is 11.6. The fourth-order valence-corrected chi connectivity index (χ4v) is 3.35. The molecule has 0 heterocycles. The summed E-state index contributed by atoms with van der Waals surface area (Å²) in [6.07, 6.45) is 0. The number of carbonyl (C=O) groups is 3. The molecule has 0 aliphatic carbocycles. The van der Waals surface area contributed by atoms with Gasteiger partial charge in [-0.2, -0.15) is 0 Å². The fourth-order valence-electron chi connectivity index (χ4n) is 3.08. The third-order valence-corrected chi connectivity index (χ3v) is 5.62. The van der Waals surface area contributed by atoms with Crippen LogP contribution in [0.1, 0.15) is 47.1 Å². The summed E-state index contributed by atoms with van der Waals surface area (Å²) in [5.74, 6) is -5.38. The Kier molecular flexibility index (Phi) is 8.19. The second-order valence-electron chi connectivity index (χ2n) is 8.94. The molecule has 0 saturated carbocycles. The number of anilines is 2. The van der Waals surface area contributed by atoms with Crippen molar-refractivity contribution in [1.82, 2.24) is 5.32 Å². The molecule has 3 rings (SSSR count). The standard InChI is InChI=1S/C26H23BrF3N3O3/c1-26(2,3)25(36)31-13-14-4-10-20(29)21(22(14)30)24(35)33-17-9-11-19(28)18(12-17)23(34)32-16-7-5-15(27)6-8-16/h4-12H,13H2,1-3H3,(H,31,36)(H,32,34)(H,33,35). The van der Waals surface area contributed by atoms with E-state index >= 15 is 0 Å². The van der Waals surface area contributed by atoms with E-state index < -0.39 is 40.2 Å². The Hall–Kier alpha value is -3.66. The van der Waals surface area contributed by atoms with Crippen LogP contribution in [0.4, 0.5) is 24.5 Å². The third kappa shape index (κ3) is 6.51. The van der Waals surface area contributed by atoms with Gasteiger partial charge in [-0.05, 0) is 48.5 Å². The van der Waals surface area contributed by atoms with Crippen LogP contribution in [-0.2, 0) is 11.3 Å². The molecule has 3 N–H and O–H groups in total. The van der Waals surface area contributed by atoms with Crippen molar-refractivity contribution >= 4 is 45.0 Å². The lowest BCUT2D eigenvalue weighted by Crippen LogP contribution is -2.34. The number of hydrogen-bond acceptors (Lipinski definition) is 3. The zero-order valence-corrected chi connectivity index (χ0v) is 21.2. The van der Waals surface area contributed by atoms with E-state index in [1.807, 2.05) is 0 Å². The first-order valence-electron chi connectivity index (χ1n) is 10.8. The zero-order valence-electron chi connectivity index (χ0n) is 19.6. The molecule has 0 aliphatic heterocycles. The molecule has 0 aliphatic rings. The average Bonchev–Trinajstić information content (AvgIpc) is 2.80. The summed E-state index contributed by atoms with van der Waals surface area (Å²) in [4.78, 5) is 37.3. The lowest BCUT2D eigenvalue weighted by molar-refractivity contribution is -0.128. The van der Waals surface area contributed by atoms with Gasteiger partial charge in [0.2, 0.25) is 5.91 Å². The topological polar surface area (TPSA) is 87.3 Å². The van der Waals surface area contributed by atoms with Gasteiger partial charge in [-0.25, -0.2) is 13.2 Å². The second-order valence-corrected chi connectivity index (χ2v) is 9.85. The van der Waals surface area contributed by atoms with Crippen LogP contribution in [0.15, 0.2) is 59.1 Å². The summed E-state index contributed by atoms with van der Waals surface area (Å²) in [5, 5.41) is 7.36. The second kappa shape index (κ2) is 10.9. The van der Waals surface area contributed by atoms with Crippen molar-refractivity contribution in [1.29, 1.82) is 0 Å². The number of amides is 3. The van der Waals surface area contributed by atoms with Crippen molar-refractivity contribution in [2.45, 2.75) is 27.3 Å². The Morgan fingerprint density at radius 2 is 1.39 bits per heavy atom. The van der Waals surface area contributed by atoms with Crippen LogP contribution in [0.5, 0.6) is 0 Å². The van der Waals surface area contributed by atoms with Crippen molar-refractivity contribution < 1.29 is 27.6 Å². The quantitative estimate of drug-likeness (QED) is 0.343. The molecule has 10 heteroatoms. The molecule has 0 fully saturated rings. The predicted octanol–water partition coefficient (Wildman–Crippen LogP) is 6.03. The van der Waals surface area contributed by atoms with Gasteiger partial charge in [0, 0.05) is 33.4 Å². The van der Waals surface area contributed by atoms with Gasteiger partial charge in [0.15, 0.2) is 0 Å². The molecule has 3 amide bonds. The van der Waals surface area contributed by atoms with E-state index in [-0.39, 0.29) is 29.3 Å². The van der Waals surface area contributed by atoms with Gasteiger partial charge in [0.05, 0.1) is 5.56 Å². The fraction of sp³-hybridized carbons (Fsp3) is 0.192. The van der Waals surface area contributed by atoms with Crippen LogP contribution in [0.25, 0.3) is 0 Å². The molecule has 0 saturated heterocycles. The van der Waals surface area contributed by atoms with E-state index in [0.29, 0.717) is 5.69 Å². The van der Waals surface area contributed by atoms with Gasteiger partial charge >= 0.3 is 0 Å². The maximum atomic E-state index is 15.0. The number of hydrogen-bond donors (Lipinski definition) is 3. The van der Waals surface area contributed by atoms with E-state index in [0.717, 1.165) is 34.8 Å². The van der Waals surface area contributed by atoms with Crippen LogP contribution in [0.2, 0.25) is 0 Å². The zero-order chi connectivity index (χ0) is 26.6. The monoisotopic (exact) mass is 561 g/mol. The first-order chi connectivity index (χ1) is 16.9. The number of carbonyl (C=O) groups excluding carboxylic acids is 3. The summed E-state index contributed by atoms with van der Waals surface area (Å²) in [5.41, 5.74) is -1.70. The minimum atomic E-state index is -1.14. The first kappa shape index (κ1) is 26.9. The summed E-state index contributed by atoms with van der Waals surface area (Å²) in [6.45, 7) is 4.79. The third-order valence-electron chi connectivity index (χ3n) is 5.09. The number of halogens is 4. The lowest BCUT2D eigenvalue weighted by atomic mass is 9.95. The number of benzene rings is 3. The largest absolute Gasteiger partial charge is 0.351 e. The molecular formula is C26H23BrF3N3O3. The van der Waals surface area contributed by atoms with Gasteiger partial charge in [-0.3, -0.25) is 14.4 Å². The smallest absolute Gasteiger partial charge is 0.261 e. The van der Waals surface area contributed by atoms with Gasteiger partial charge in [0.25, 0.3) is 11.8 Å². The summed E-state index contributed by atoms with van der Waals surface area (Å²) >= 11 is 3.27. The van der Waals surface area contributed by atoms with E-state index in [9.17, 15) is 27.6 Å². The Morgan fingerprint density at radius 1 is 0.806 bits per heavy atom. The van der Waals surface area contributed by atoms with E-state index in [4.69, 9.17) is 0 Å². The summed E-state index contributed by atoms with van der Waals surface area (Å²) in [7, 11) is 0. The average molecular weight is 562 g/mol. The van der Waals surface area contributed by atoms with Gasteiger partial charge < -0.3 is 16.0 Å². The highest BCUT2D eigenvalue weighted by molar-refractivity contribution is 9.10. The maximum absolute atomic E-state index is 15.0. The van der Waals surface area contributed by atoms with Crippen molar-refractivity contribution in [2.75, 3.05) is 10.6 Å². The predicted molar refractivity (Wildman–Crippen MR) is 134 cm³/mol. The Bertz CT molecular complexity index is 1320. The van der Waals surface area contributed by atoms with Crippen molar-refractivity contribution in [3.8, 4) is 0 Å². The van der Waals surface area contributed by atoms with Crippen LogP contribution in [0, 0.1) is 22.9 Å². The molecule has 188 valence electrons. The van der Waals surface area contributed by atoms with Gasteiger partial charge in [0.1, 0.15) is 23.0 Å². The summed E-state index contributed by atoms with van der Waals surface area (Å²) < 4.78 is 44.5. The highest BCUT2D eigenvalue weighted by atomic mass is 79.9. The molecule has 0 radical (unpaired) electrons. The van der Waals surface area contributed by atoms with E-state index in [1.54, 1.807) is 45.0 Å². The number of rotatable bonds is 6. The van der Waals surface area contributed by atoms with Gasteiger partial charge in [-0.15, -0.1) is 0 Å². The lowest BCUT2D eigenvalue weighted by Gasteiger charge is -2.18.